The SMILES string of the molecule is O=C(NNc1ccccc1)C1CCN(S(=O)(=O)c2ccccc2)CC1. The molecule has 0 bridgehead atoms. The van der Waals surface area contributed by atoms with Gasteiger partial charge in [0, 0.05) is 19.0 Å². The summed E-state index contributed by atoms with van der Waals surface area (Å²) in [6.45, 7) is 0.696. The summed E-state index contributed by atoms with van der Waals surface area (Å²) in [6, 6.07) is 17.8. The van der Waals surface area contributed by atoms with Gasteiger partial charge in [0.1, 0.15) is 0 Å². The van der Waals surface area contributed by atoms with Gasteiger partial charge in [-0.2, -0.15) is 4.31 Å². The summed E-state index contributed by atoms with van der Waals surface area (Å²) in [5, 5.41) is 0. The van der Waals surface area contributed by atoms with Crippen LogP contribution in [0.3, 0.4) is 0 Å². The zero-order chi connectivity index (χ0) is 17.7. The lowest BCUT2D eigenvalue weighted by Gasteiger charge is -2.30. The number of hydrazine groups is 1. The van der Waals surface area contributed by atoms with Crippen LogP contribution in [0.5, 0.6) is 0 Å². The van der Waals surface area contributed by atoms with E-state index in [1.165, 1.54) is 4.31 Å². The highest BCUT2D eigenvalue weighted by atomic mass is 32.2. The van der Waals surface area contributed by atoms with Crippen LogP contribution < -0.4 is 10.9 Å². The highest BCUT2D eigenvalue weighted by Crippen LogP contribution is 2.23. The van der Waals surface area contributed by atoms with Crippen LogP contribution in [0.25, 0.3) is 0 Å². The van der Waals surface area contributed by atoms with Crippen LogP contribution in [0.15, 0.2) is 65.6 Å². The van der Waals surface area contributed by atoms with Gasteiger partial charge in [-0.05, 0) is 37.1 Å². The van der Waals surface area contributed by atoms with Crippen LogP contribution in [0, 0.1) is 5.92 Å². The zero-order valence-electron chi connectivity index (χ0n) is 13.8. The van der Waals surface area contributed by atoms with Gasteiger partial charge in [0.25, 0.3) is 0 Å². The predicted octanol–water partition coefficient (Wildman–Crippen LogP) is 2.23. The Hall–Kier alpha value is -2.38. The number of piperidine rings is 1. The molecule has 2 aromatic carbocycles. The Kier molecular flexibility index (Phi) is 5.35. The zero-order valence-corrected chi connectivity index (χ0v) is 14.6. The van der Waals surface area contributed by atoms with Crippen molar-refractivity contribution in [2.45, 2.75) is 17.7 Å². The smallest absolute Gasteiger partial charge is 0.243 e. The van der Waals surface area contributed by atoms with Crippen molar-refractivity contribution in [3.05, 3.63) is 60.7 Å². The maximum Gasteiger partial charge on any atom is 0.243 e. The third-order valence-electron chi connectivity index (χ3n) is 4.31. The van der Waals surface area contributed by atoms with Crippen molar-refractivity contribution in [3.63, 3.8) is 0 Å². The third kappa shape index (κ3) is 4.18. The number of rotatable bonds is 5. The molecule has 3 rings (SSSR count). The summed E-state index contributed by atoms with van der Waals surface area (Å²) in [5.41, 5.74) is 6.38. The molecule has 25 heavy (non-hydrogen) atoms. The van der Waals surface area contributed by atoms with E-state index in [1.807, 2.05) is 30.3 Å². The summed E-state index contributed by atoms with van der Waals surface area (Å²) in [5.74, 6) is -0.306. The van der Waals surface area contributed by atoms with Gasteiger partial charge in [-0.1, -0.05) is 36.4 Å². The van der Waals surface area contributed by atoms with E-state index in [-0.39, 0.29) is 11.8 Å². The molecule has 1 amide bonds. The van der Waals surface area contributed by atoms with Crippen LogP contribution in [-0.2, 0) is 14.8 Å². The number of anilines is 1. The summed E-state index contributed by atoms with van der Waals surface area (Å²) < 4.78 is 26.6. The first-order chi connectivity index (χ1) is 12.1. The molecule has 0 aliphatic carbocycles. The van der Waals surface area contributed by atoms with E-state index in [4.69, 9.17) is 0 Å². The highest BCUT2D eigenvalue weighted by molar-refractivity contribution is 7.89. The second-order valence-electron chi connectivity index (χ2n) is 5.97. The predicted molar refractivity (Wildman–Crippen MR) is 96.1 cm³/mol. The fraction of sp³-hybridized carbons (Fsp3) is 0.278. The quantitative estimate of drug-likeness (QED) is 0.803. The van der Waals surface area contributed by atoms with E-state index in [1.54, 1.807) is 30.3 Å². The van der Waals surface area contributed by atoms with Crippen molar-refractivity contribution in [1.29, 1.82) is 0 Å². The van der Waals surface area contributed by atoms with Crippen LogP contribution in [-0.4, -0.2) is 31.7 Å². The van der Waals surface area contributed by atoms with Crippen LogP contribution in [0.1, 0.15) is 12.8 Å². The number of para-hydroxylation sites is 1. The van der Waals surface area contributed by atoms with Crippen molar-refractivity contribution in [2.24, 2.45) is 5.92 Å². The fourth-order valence-corrected chi connectivity index (χ4v) is 4.35. The van der Waals surface area contributed by atoms with E-state index < -0.39 is 10.0 Å². The largest absolute Gasteiger partial charge is 0.299 e. The Bertz CT molecular complexity index is 802. The van der Waals surface area contributed by atoms with Gasteiger partial charge < -0.3 is 0 Å². The lowest BCUT2D eigenvalue weighted by Crippen LogP contribution is -2.44. The summed E-state index contributed by atoms with van der Waals surface area (Å²) in [4.78, 5) is 12.6. The van der Waals surface area contributed by atoms with Crippen LogP contribution >= 0.6 is 0 Å². The van der Waals surface area contributed by atoms with Crippen LogP contribution in [0.4, 0.5) is 5.69 Å². The van der Waals surface area contributed by atoms with Gasteiger partial charge >= 0.3 is 0 Å². The second kappa shape index (κ2) is 7.67. The highest BCUT2D eigenvalue weighted by Gasteiger charge is 2.31. The van der Waals surface area contributed by atoms with Gasteiger partial charge in [-0.3, -0.25) is 15.6 Å². The molecule has 1 aliphatic rings. The first-order valence-electron chi connectivity index (χ1n) is 8.23. The Labute approximate surface area is 147 Å². The van der Waals surface area contributed by atoms with Crippen molar-refractivity contribution < 1.29 is 13.2 Å². The van der Waals surface area contributed by atoms with Gasteiger partial charge in [0.2, 0.25) is 15.9 Å². The minimum absolute atomic E-state index is 0.111. The maximum atomic E-state index is 12.6. The van der Waals surface area contributed by atoms with Crippen molar-refractivity contribution in [3.8, 4) is 0 Å². The Morgan fingerprint density at radius 1 is 0.920 bits per heavy atom. The second-order valence-corrected chi connectivity index (χ2v) is 7.91. The molecule has 0 saturated carbocycles. The molecule has 0 atom stereocenters. The summed E-state index contributed by atoms with van der Waals surface area (Å²) >= 11 is 0. The lowest BCUT2D eigenvalue weighted by atomic mass is 9.98. The first kappa shape index (κ1) is 17.4. The normalized spacial score (nSPS) is 16.3. The van der Waals surface area contributed by atoms with Crippen molar-refractivity contribution in [2.75, 3.05) is 18.5 Å². The fourth-order valence-electron chi connectivity index (χ4n) is 2.86. The molecule has 6 nitrogen and oxygen atoms in total. The maximum absolute atomic E-state index is 12.6. The molecule has 1 heterocycles. The average Bonchev–Trinajstić information content (AvgIpc) is 2.68. The number of hydrogen-bond acceptors (Lipinski definition) is 4. The first-order valence-corrected chi connectivity index (χ1v) is 9.67. The van der Waals surface area contributed by atoms with E-state index in [0.29, 0.717) is 30.8 Å². The van der Waals surface area contributed by atoms with Gasteiger partial charge in [-0.25, -0.2) is 8.42 Å². The lowest BCUT2D eigenvalue weighted by molar-refractivity contribution is -0.125. The van der Waals surface area contributed by atoms with E-state index >= 15 is 0 Å². The molecular weight excluding hydrogens is 338 g/mol. The van der Waals surface area contributed by atoms with Crippen LogP contribution in [0.2, 0.25) is 0 Å². The molecule has 0 spiro atoms. The molecule has 1 fully saturated rings. The number of nitrogens with zero attached hydrogens (tertiary/aromatic N) is 1. The molecule has 0 unspecified atom stereocenters. The monoisotopic (exact) mass is 359 g/mol. The molecule has 7 heteroatoms. The van der Waals surface area contributed by atoms with Gasteiger partial charge in [0.15, 0.2) is 0 Å². The van der Waals surface area contributed by atoms with E-state index in [9.17, 15) is 13.2 Å². The number of hydrogen-bond donors (Lipinski definition) is 2. The Balaban J connectivity index is 1.54. The molecule has 0 radical (unpaired) electrons. The molecule has 2 aromatic rings. The number of benzene rings is 2. The van der Waals surface area contributed by atoms with E-state index in [2.05, 4.69) is 10.9 Å². The molecule has 1 saturated heterocycles. The third-order valence-corrected chi connectivity index (χ3v) is 6.22. The number of nitrogens with one attached hydrogen (secondary N) is 2. The Morgan fingerprint density at radius 3 is 2.08 bits per heavy atom. The van der Waals surface area contributed by atoms with Gasteiger partial charge in [0.05, 0.1) is 10.6 Å². The van der Waals surface area contributed by atoms with Gasteiger partial charge in [-0.15, -0.1) is 0 Å². The molecule has 2 N–H and O–H groups in total. The molecular formula is C18H21N3O3S. The van der Waals surface area contributed by atoms with E-state index in [0.717, 1.165) is 5.69 Å². The number of carbonyl (C=O) groups excluding carboxylic acids is 1. The topological polar surface area (TPSA) is 78.5 Å². The number of carbonyl (C=O) groups is 1. The molecule has 1 aliphatic heterocycles. The number of sulfonamides is 1. The standard InChI is InChI=1S/C18H21N3O3S/c22-18(20-19-16-7-3-1-4-8-16)15-11-13-21(14-12-15)25(23,24)17-9-5-2-6-10-17/h1-10,15,19H,11-14H2,(H,20,22). The Morgan fingerprint density at radius 2 is 1.48 bits per heavy atom. The van der Waals surface area contributed by atoms with Crippen molar-refractivity contribution >= 4 is 21.6 Å². The molecule has 0 aromatic heterocycles. The summed E-state index contributed by atoms with van der Waals surface area (Å²) in [6.07, 6.45) is 1.02. The average molecular weight is 359 g/mol. The minimum atomic E-state index is -3.48. The minimum Gasteiger partial charge on any atom is -0.299 e. The number of amides is 1. The summed E-state index contributed by atoms with van der Waals surface area (Å²) in [7, 11) is -3.48. The van der Waals surface area contributed by atoms with Crippen molar-refractivity contribution in [1.82, 2.24) is 9.73 Å². The molecule has 132 valence electrons.